The average molecular weight is 276 g/mol. The largest absolute Gasteiger partial charge is 0.338 e. The zero-order valence-corrected chi connectivity index (χ0v) is 13.1. The third-order valence-electron chi connectivity index (χ3n) is 4.05. The fourth-order valence-corrected chi connectivity index (χ4v) is 2.66. The van der Waals surface area contributed by atoms with Crippen molar-refractivity contribution in [1.82, 2.24) is 19.8 Å². The van der Waals surface area contributed by atoms with E-state index >= 15 is 0 Å². The molecule has 1 N–H and O–H groups in total. The van der Waals surface area contributed by atoms with Gasteiger partial charge in [-0.2, -0.15) is 0 Å². The third kappa shape index (κ3) is 4.76. The molecule has 1 aliphatic heterocycles. The van der Waals surface area contributed by atoms with Crippen LogP contribution >= 0.6 is 0 Å². The minimum atomic E-state index is 0.679. The molecular weight excluding hydrogens is 248 g/mol. The first-order valence-corrected chi connectivity index (χ1v) is 7.70. The smallest absolute Gasteiger partial charge is 0.109 e. The van der Waals surface area contributed by atoms with Crippen LogP contribution in [-0.4, -0.2) is 46.7 Å². The highest BCUT2D eigenvalue weighted by molar-refractivity contribution is 4.96. The van der Waals surface area contributed by atoms with Crippen LogP contribution in [0, 0.1) is 0 Å². The molecule has 0 atom stereocenters. The molecule has 112 valence electrons. The molecule has 1 aromatic rings. The normalized spacial score (nSPS) is 17.4. The van der Waals surface area contributed by atoms with Crippen molar-refractivity contribution in [1.29, 1.82) is 0 Å². The highest BCUT2D eigenvalue weighted by Gasteiger charge is 2.17. The maximum atomic E-state index is 4.36. The van der Waals surface area contributed by atoms with Crippen LogP contribution in [0.25, 0.3) is 0 Å². The molecule has 0 unspecified atom stereocenters. The summed E-state index contributed by atoms with van der Waals surface area (Å²) in [5.41, 5.74) is 1.42. The molecule has 0 radical (unpaired) electrons. The van der Waals surface area contributed by atoms with Crippen LogP contribution in [0.5, 0.6) is 0 Å². The van der Waals surface area contributed by atoms with Crippen molar-refractivity contribution < 1.29 is 0 Å². The summed E-state index contributed by atoms with van der Waals surface area (Å²) in [5.74, 6) is 1.17. The lowest BCUT2D eigenvalue weighted by Crippen LogP contribution is -2.43. The second-order valence-corrected chi connectivity index (χ2v) is 6.01. The molecule has 1 aliphatic rings. The van der Waals surface area contributed by atoms with Gasteiger partial charge in [-0.3, -0.25) is 4.90 Å². The lowest BCUT2D eigenvalue weighted by Gasteiger charge is -2.31. The number of likely N-dealkylation sites (tertiary alicyclic amines) is 1. The summed E-state index contributed by atoms with van der Waals surface area (Å²) in [7, 11) is 2.06. The molecule has 2 heterocycles. The summed E-state index contributed by atoms with van der Waals surface area (Å²) in [6, 6.07) is 0.679. The van der Waals surface area contributed by atoms with Crippen LogP contribution in [0.3, 0.4) is 0 Å². The Labute approximate surface area is 122 Å². The number of aromatic nitrogens is 2. The van der Waals surface area contributed by atoms with Crippen LogP contribution in [0.2, 0.25) is 0 Å². The van der Waals surface area contributed by atoms with Crippen molar-refractivity contribution >= 4 is 0 Å². The molecule has 0 aliphatic carbocycles. The first-order chi connectivity index (χ1) is 9.65. The molecule has 0 amide bonds. The molecule has 20 heavy (non-hydrogen) atoms. The summed E-state index contributed by atoms with van der Waals surface area (Å²) in [5, 5.41) is 3.68. The monoisotopic (exact) mass is 276 g/mol. The molecule has 2 rings (SSSR count). The van der Waals surface area contributed by atoms with E-state index in [0.717, 1.165) is 19.5 Å². The van der Waals surface area contributed by atoms with E-state index < -0.39 is 0 Å². The Morgan fingerprint density at radius 3 is 2.75 bits per heavy atom. The second-order valence-electron chi connectivity index (χ2n) is 6.01. The summed E-state index contributed by atoms with van der Waals surface area (Å²) in [4.78, 5) is 6.91. The first kappa shape index (κ1) is 15.3. The van der Waals surface area contributed by atoms with Gasteiger partial charge >= 0.3 is 0 Å². The van der Waals surface area contributed by atoms with Crippen molar-refractivity contribution in [2.45, 2.75) is 39.2 Å². The van der Waals surface area contributed by atoms with Gasteiger partial charge in [-0.15, -0.1) is 0 Å². The van der Waals surface area contributed by atoms with Crippen LogP contribution in [0.1, 0.15) is 32.5 Å². The number of imidazole rings is 1. The van der Waals surface area contributed by atoms with E-state index in [1.807, 2.05) is 12.4 Å². The lowest BCUT2D eigenvalue weighted by atomic mass is 10.0. The SMILES string of the molecule is CC(C)=CCN1CCC(NCCc2nccn2C)CC1. The Bertz CT molecular complexity index is 423. The first-order valence-electron chi connectivity index (χ1n) is 7.70. The molecular formula is C16H28N4. The lowest BCUT2D eigenvalue weighted by molar-refractivity contribution is 0.215. The zero-order chi connectivity index (χ0) is 14.4. The highest BCUT2D eigenvalue weighted by Crippen LogP contribution is 2.10. The van der Waals surface area contributed by atoms with Crippen molar-refractivity contribution in [2.75, 3.05) is 26.2 Å². The molecule has 1 saturated heterocycles. The number of hydrogen-bond acceptors (Lipinski definition) is 3. The third-order valence-corrected chi connectivity index (χ3v) is 4.05. The van der Waals surface area contributed by atoms with E-state index in [0.29, 0.717) is 6.04 Å². The van der Waals surface area contributed by atoms with Gasteiger partial charge in [0.1, 0.15) is 5.82 Å². The maximum absolute atomic E-state index is 4.36. The van der Waals surface area contributed by atoms with Gasteiger partial charge in [0.15, 0.2) is 0 Å². The molecule has 0 bridgehead atoms. The van der Waals surface area contributed by atoms with Gasteiger partial charge in [0, 0.05) is 45.0 Å². The topological polar surface area (TPSA) is 33.1 Å². The molecule has 4 heteroatoms. The van der Waals surface area contributed by atoms with Crippen LogP contribution in [0.4, 0.5) is 0 Å². The van der Waals surface area contributed by atoms with Crippen molar-refractivity contribution in [2.24, 2.45) is 7.05 Å². The Balaban J connectivity index is 1.62. The van der Waals surface area contributed by atoms with Gasteiger partial charge in [0.2, 0.25) is 0 Å². The fraction of sp³-hybridized carbons (Fsp3) is 0.688. The van der Waals surface area contributed by atoms with E-state index in [9.17, 15) is 0 Å². The van der Waals surface area contributed by atoms with Gasteiger partial charge in [-0.1, -0.05) is 11.6 Å². The number of nitrogens with one attached hydrogen (secondary N) is 1. The van der Waals surface area contributed by atoms with Crippen LogP contribution in [-0.2, 0) is 13.5 Å². The zero-order valence-electron chi connectivity index (χ0n) is 13.1. The standard InChI is InChI=1S/C16H28N4/c1-14(2)5-10-20-11-6-15(7-12-20)17-8-4-16-18-9-13-19(16)3/h5,9,13,15,17H,4,6-8,10-12H2,1-3H3. The number of allylic oxidation sites excluding steroid dienone is 1. The molecule has 0 aromatic carbocycles. The van der Waals surface area contributed by atoms with Crippen LogP contribution in [0.15, 0.2) is 24.0 Å². The molecule has 4 nitrogen and oxygen atoms in total. The minimum Gasteiger partial charge on any atom is -0.338 e. The van der Waals surface area contributed by atoms with Crippen molar-refractivity contribution in [3.63, 3.8) is 0 Å². The molecule has 0 saturated carbocycles. The Hall–Kier alpha value is -1.13. The number of nitrogens with zero attached hydrogens (tertiary/aromatic N) is 3. The maximum Gasteiger partial charge on any atom is 0.109 e. The fourth-order valence-electron chi connectivity index (χ4n) is 2.66. The van der Waals surface area contributed by atoms with Gasteiger partial charge in [0.25, 0.3) is 0 Å². The Kier molecular flexibility index (Phi) is 5.80. The van der Waals surface area contributed by atoms with Gasteiger partial charge < -0.3 is 9.88 Å². The van der Waals surface area contributed by atoms with E-state index in [-0.39, 0.29) is 0 Å². The van der Waals surface area contributed by atoms with Gasteiger partial charge in [0.05, 0.1) is 0 Å². The van der Waals surface area contributed by atoms with E-state index in [4.69, 9.17) is 0 Å². The summed E-state index contributed by atoms with van der Waals surface area (Å²) >= 11 is 0. The number of hydrogen-bond donors (Lipinski definition) is 1. The number of piperidine rings is 1. The molecule has 1 aromatic heterocycles. The van der Waals surface area contributed by atoms with Gasteiger partial charge in [-0.05, 0) is 39.8 Å². The summed E-state index contributed by atoms with van der Waals surface area (Å²) < 4.78 is 2.10. The minimum absolute atomic E-state index is 0.679. The Morgan fingerprint density at radius 2 is 2.15 bits per heavy atom. The van der Waals surface area contributed by atoms with E-state index in [2.05, 4.69) is 46.7 Å². The van der Waals surface area contributed by atoms with Gasteiger partial charge in [-0.25, -0.2) is 4.98 Å². The van der Waals surface area contributed by atoms with Crippen molar-refractivity contribution in [3.05, 3.63) is 29.9 Å². The summed E-state index contributed by atoms with van der Waals surface area (Å²) in [6.45, 7) is 8.91. The number of aryl methyl sites for hydroxylation is 1. The molecule has 1 fully saturated rings. The second kappa shape index (κ2) is 7.60. The van der Waals surface area contributed by atoms with Crippen LogP contribution < -0.4 is 5.32 Å². The van der Waals surface area contributed by atoms with Crippen molar-refractivity contribution in [3.8, 4) is 0 Å². The highest BCUT2D eigenvalue weighted by atomic mass is 15.1. The predicted octanol–water partition coefficient (Wildman–Crippen LogP) is 1.98. The quantitative estimate of drug-likeness (QED) is 0.807. The average Bonchev–Trinajstić information content (AvgIpc) is 2.83. The van der Waals surface area contributed by atoms with E-state index in [1.54, 1.807) is 0 Å². The Morgan fingerprint density at radius 1 is 1.40 bits per heavy atom. The summed E-state index contributed by atoms with van der Waals surface area (Å²) in [6.07, 6.45) is 9.75. The van der Waals surface area contributed by atoms with E-state index in [1.165, 1.54) is 37.3 Å². The predicted molar refractivity (Wildman–Crippen MR) is 83.8 cm³/mol. The number of rotatable bonds is 6. The molecule has 0 spiro atoms.